The van der Waals surface area contributed by atoms with Crippen LogP contribution in [0.3, 0.4) is 0 Å². The molecule has 0 aromatic heterocycles. The first-order valence-electron chi connectivity index (χ1n) is 6.42. The van der Waals surface area contributed by atoms with Crippen LogP contribution in [-0.2, 0) is 0 Å². The Bertz CT molecular complexity index is 569. The molecule has 0 fully saturated rings. The zero-order chi connectivity index (χ0) is 14.5. The fraction of sp³-hybridized carbons (Fsp3) is 0.250. The molecule has 0 spiro atoms. The highest BCUT2D eigenvalue weighted by Gasteiger charge is 2.09. The van der Waals surface area contributed by atoms with Gasteiger partial charge in [0.1, 0.15) is 11.6 Å². The molecule has 2 rings (SSSR count). The summed E-state index contributed by atoms with van der Waals surface area (Å²) in [4.78, 5) is 0. The van der Waals surface area contributed by atoms with Crippen molar-refractivity contribution in [3.63, 3.8) is 0 Å². The van der Waals surface area contributed by atoms with Gasteiger partial charge in [0.25, 0.3) is 0 Å². The van der Waals surface area contributed by atoms with E-state index < -0.39 is 6.10 Å². The van der Waals surface area contributed by atoms with Crippen LogP contribution in [0.1, 0.15) is 17.2 Å². The largest absolute Gasteiger partial charge is 0.497 e. The molecule has 20 heavy (non-hydrogen) atoms. The van der Waals surface area contributed by atoms with E-state index in [4.69, 9.17) is 4.74 Å². The van der Waals surface area contributed by atoms with E-state index in [9.17, 15) is 9.50 Å². The lowest BCUT2D eigenvalue weighted by atomic mass is 10.1. The zero-order valence-electron chi connectivity index (χ0n) is 11.6. The van der Waals surface area contributed by atoms with Crippen LogP contribution in [0, 0.1) is 12.7 Å². The summed E-state index contributed by atoms with van der Waals surface area (Å²) in [6.07, 6.45) is -0.708. The standard InChI is InChI=1S/C16H18FNO2/c1-11-3-8-14(17)15(9-11)18-10-16(19)12-4-6-13(20-2)7-5-12/h3-9,16,18-19H,10H2,1-2H3. The number of rotatable bonds is 5. The van der Waals surface area contributed by atoms with Gasteiger partial charge in [-0.1, -0.05) is 18.2 Å². The first kappa shape index (κ1) is 14.3. The number of aliphatic hydroxyl groups is 1. The van der Waals surface area contributed by atoms with Gasteiger partial charge in [-0.15, -0.1) is 0 Å². The van der Waals surface area contributed by atoms with Gasteiger partial charge in [-0.05, 0) is 42.3 Å². The van der Waals surface area contributed by atoms with E-state index >= 15 is 0 Å². The van der Waals surface area contributed by atoms with Gasteiger partial charge in [-0.3, -0.25) is 0 Å². The SMILES string of the molecule is COc1ccc(C(O)CNc2cc(C)ccc2F)cc1. The molecule has 4 heteroatoms. The average molecular weight is 275 g/mol. The van der Waals surface area contributed by atoms with Crippen LogP contribution < -0.4 is 10.1 Å². The normalized spacial score (nSPS) is 12.0. The number of benzene rings is 2. The molecule has 0 radical (unpaired) electrons. The van der Waals surface area contributed by atoms with Gasteiger partial charge in [0.15, 0.2) is 0 Å². The van der Waals surface area contributed by atoms with Crippen molar-refractivity contribution in [2.45, 2.75) is 13.0 Å². The summed E-state index contributed by atoms with van der Waals surface area (Å²) >= 11 is 0. The molecule has 1 unspecified atom stereocenters. The van der Waals surface area contributed by atoms with Gasteiger partial charge >= 0.3 is 0 Å². The second kappa shape index (κ2) is 6.39. The Morgan fingerprint density at radius 2 is 1.90 bits per heavy atom. The van der Waals surface area contributed by atoms with Crippen LogP contribution in [0.5, 0.6) is 5.75 Å². The molecule has 0 amide bonds. The van der Waals surface area contributed by atoms with Crippen molar-refractivity contribution >= 4 is 5.69 Å². The number of hydrogen-bond donors (Lipinski definition) is 2. The lowest BCUT2D eigenvalue weighted by molar-refractivity contribution is 0.191. The number of aliphatic hydroxyl groups excluding tert-OH is 1. The van der Waals surface area contributed by atoms with E-state index in [1.165, 1.54) is 6.07 Å². The molecular formula is C16H18FNO2. The maximum Gasteiger partial charge on any atom is 0.146 e. The second-order valence-corrected chi connectivity index (χ2v) is 4.65. The van der Waals surface area contributed by atoms with Crippen LogP contribution in [0.4, 0.5) is 10.1 Å². The monoisotopic (exact) mass is 275 g/mol. The van der Waals surface area contributed by atoms with E-state index in [1.54, 1.807) is 43.5 Å². The van der Waals surface area contributed by atoms with Crippen molar-refractivity contribution < 1.29 is 14.2 Å². The van der Waals surface area contributed by atoms with E-state index in [-0.39, 0.29) is 12.4 Å². The Hall–Kier alpha value is -2.07. The maximum absolute atomic E-state index is 13.6. The highest BCUT2D eigenvalue weighted by Crippen LogP contribution is 2.20. The minimum atomic E-state index is -0.708. The van der Waals surface area contributed by atoms with E-state index in [0.29, 0.717) is 5.69 Å². The van der Waals surface area contributed by atoms with Crippen molar-refractivity contribution in [1.29, 1.82) is 0 Å². The molecular weight excluding hydrogens is 257 g/mol. The molecule has 0 heterocycles. The van der Waals surface area contributed by atoms with Gasteiger partial charge in [-0.25, -0.2) is 4.39 Å². The quantitative estimate of drug-likeness (QED) is 0.879. The molecule has 2 aromatic rings. The first-order chi connectivity index (χ1) is 9.60. The number of nitrogens with one attached hydrogen (secondary N) is 1. The van der Waals surface area contributed by atoms with Crippen molar-refractivity contribution in [3.8, 4) is 5.75 Å². The number of hydrogen-bond acceptors (Lipinski definition) is 3. The molecule has 106 valence electrons. The Morgan fingerprint density at radius 1 is 1.20 bits per heavy atom. The lowest BCUT2D eigenvalue weighted by Crippen LogP contribution is -2.13. The van der Waals surface area contributed by atoms with Crippen LogP contribution in [0.25, 0.3) is 0 Å². The zero-order valence-corrected chi connectivity index (χ0v) is 11.6. The third kappa shape index (κ3) is 3.48. The molecule has 0 saturated carbocycles. The van der Waals surface area contributed by atoms with Gasteiger partial charge in [-0.2, -0.15) is 0 Å². The Balaban J connectivity index is 2.00. The topological polar surface area (TPSA) is 41.5 Å². The van der Waals surface area contributed by atoms with Crippen LogP contribution in [0.15, 0.2) is 42.5 Å². The average Bonchev–Trinajstić information content (AvgIpc) is 2.48. The molecule has 1 atom stereocenters. The summed E-state index contributed by atoms with van der Waals surface area (Å²) in [6.45, 7) is 2.14. The third-order valence-corrected chi connectivity index (χ3v) is 3.11. The van der Waals surface area contributed by atoms with E-state index in [1.807, 2.05) is 6.92 Å². The molecule has 0 saturated heterocycles. The van der Waals surface area contributed by atoms with E-state index in [0.717, 1.165) is 16.9 Å². The summed E-state index contributed by atoms with van der Waals surface area (Å²) in [5, 5.41) is 13.0. The fourth-order valence-corrected chi connectivity index (χ4v) is 1.93. The number of anilines is 1. The third-order valence-electron chi connectivity index (χ3n) is 3.11. The molecule has 0 aliphatic heterocycles. The van der Waals surface area contributed by atoms with Crippen molar-refractivity contribution in [2.24, 2.45) is 0 Å². The summed E-state index contributed by atoms with van der Waals surface area (Å²) in [7, 11) is 1.59. The summed E-state index contributed by atoms with van der Waals surface area (Å²) in [5.41, 5.74) is 2.12. The summed E-state index contributed by atoms with van der Waals surface area (Å²) in [5.74, 6) is 0.413. The van der Waals surface area contributed by atoms with Crippen LogP contribution in [-0.4, -0.2) is 18.8 Å². The highest BCUT2D eigenvalue weighted by molar-refractivity contribution is 5.47. The molecule has 0 aliphatic carbocycles. The smallest absolute Gasteiger partial charge is 0.146 e. The maximum atomic E-state index is 13.6. The van der Waals surface area contributed by atoms with Gasteiger partial charge in [0.05, 0.1) is 18.9 Å². The number of aryl methyl sites for hydroxylation is 1. The predicted octanol–water partition coefficient (Wildman–Crippen LogP) is 3.29. The lowest BCUT2D eigenvalue weighted by Gasteiger charge is -2.14. The van der Waals surface area contributed by atoms with E-state index in [2.05, 4.69) is 5.32 Å². The van der Waals surface area contributed by atoms with Crippen LogP contribution in [0.2, 0.25) is 0 Å². The summed E-state index contributed by atoms with van der Waals surface area (Å²) in [6, 6.07) is 12.0. The Morgan fingerprint density at radius 3 is 2.55 bits per heavy atom. The van der Waals surface area contributed by atoms with Crippen LogP contribution >= 0.6 is 0 Å². The Kier molecular flexibility index (Phi) is 4.58. The molecule has 2 N–H and O–H groups in total. The predicted molar refractivity (Wildman–Crippen MR) is 77.6 cm³/mol. The van der Waals surface area contributed by atoms with Crippen molar-refractivity contribution in [3.05, 3.63) is 59.4 Å². The minimum absolute atomic E-state index is 0.243. The second-order valence-electron chi connectivity index (χ2n) is 4.65. The molecule has 0 bridgehead atoms. The summed E-state index contributed by atoms with van der Waals surface area (Å²) < 4.78 is 18.6. The van der Waals surface area contributed by atoms with Crippen molar-refractivity contribution in [1.82, 2.24) is 0 Å². The van der Waals surface area contributed by atoms with Gasteiger partial charge < -0.3 is 15.2 Å². The molecule has 0 aliphatic rings. The molecule has 2 aromatic carbocycles. The minimum Gasteiger partial charge on any atom is -0.497 e. The number of halogens is 1. The molecule has 3 nitrogen and oxygen atoms in total. The van der Waals surface area contributed by atoms with Gasteiger partial charge in [0.2, 0.25) is 0 Å². The number of ether oxygens (including phenoxy) is 1. The number of methoxy groups -OCH3 is 1. The highest BCUT2D eigenvalue weighted by atomic mass is 19.1. The first-order valence-corrected chi connectivity index (χ1v) is 6.42. The van der Waals surface area contributed by atoms with Gasteiger partial charge in [0, 0.05) is 6.54 Å². The fourth-order valence-electron chi connectivity index (χ4n) is 1.93. The van der Waals surface area contributed by atoms with Crippen molar-refractivity contribution in [2.75, 3.05) is 19.0 Å². The Labute approximate surface area is 118 Å².